The summed E-state index contributed by atoms with van der Waals surface area (Å²) in [5.74, 6) is 0.0649. The molecule has 4 heterocycles. The van der Waals surface area contributed by atoms with Crippen LogP contribution in [0.1, 0.15) is 35.2 Å². The van der Waals surface area contributed by atoms with Crippen molar-refractivity contribution in [2.24, 2.45) is 10.2 Å². The molecule has 142 valence electrons. The topological polar surface area (TPSA) is 106 Å². The van der Waals surface area contributed by atoms with Crippen molar-refractivity contribution in [2.75, 3.05) is 0 Å². The molecule has 0 saturated heterocycles. The molecule has 0 amide bonds. The Hall–Kier alpha value is -3.53. The number of benzene rings is 1. The minimum Gasteiger partial charge on any atom is -0.361 e. The van der Waals surface area contributed by atoms with E-state index in [1.165, 1.54) is 0 Å². The highest BCUT2D eigenvalue weighted by Gasteiger charge is 2.51. The van der Waals surface area contributed by atoms with E-state index in [1.807, 2.05) is 44.3 Å². The van der Waals surface area contributed by atoms with Gasteiger partial charge in [-0.3, -0.25) is 10.1 Å². The molecule has 0 fully saturated rings. The molecule has 0 aliphatic carbocycles. The van der Waals surface area contributed by atoms with Crippen LogP contribution in [0.5, 0.6) is 0 Å². The highest BCUT2D eigenvalue weighted by atomic mass is 16.5. The summed E-state index contributed by atoms with van der Waals surface area (Å²) in [6.07, 6.45) is 3.62. The zero-order valence-electron chi connectivity index (χ0n) is 15.4. The first-order valence-corrected chi connectivity index (χ1v) is 8.95. The van der Waals surface area contributed by atoms with Crippen LogP contribution in [0.15, 0.2) is 51.3 Å². The monoisotopic (exact) mass is 378 g/mol. The molecule has 10 nitrogen and oxygen atoms in total. The summed E-state index contributed by atoms with van der Waals surface area (Å²) >= 11 is 0. The molecule has 1 unspecified atom stereocenters. The van der Waals surface area contributed by atoms with Gasteiger partial charge >= 0.3 is 5.85 Å². The lowest BCUT2D eigenvalue weighted by atomic mass is 10.1. The summed E-state index contributed by atoms with van der Waals surface area (Å²) in [6.45, 7) is 4.74. The maximum absolute atomic E-state index is 6.27. The van der Waals surface area contributed by atoms with Gasteiger partial charge in [-0.25, -0.2) is 0 Å². The van der Waals surface area contributed by atoms with E-state index in [2.05, 4.69) is 31.1 Å². The molecular weight excluding hydrogens is 360 g/mol. The summed E-state index contributed by atoms with van der Waals surface area (Å²) in [4.78, 5) is 0. The number of aromatic nitrogens is 4. The van der Waals surface area contributed by atoms with Crippen molar-refractivity contribution in [1.82, 2.24) is 30.6 Å². The van der Waals surface area contributed by atoms with E-state index in [1.54, 1.807) is 22.0 Å². The molecule has 0 radical (unpaired) electrons. The second kappa shape index (κ2) is 6.27. The first-order valence-electron chi connectivity index (χ1n) is 8.95. The predicted molar refractivity (Wildman–Crippen MR) is 99.0 cm³/mol. The van der Waals surface area contributed by atoms with Crippen LogP contribution in [0.4, 0.5) is 0 Å². The molecule has 1 N–H and O–H groups in total. The summed E-state index contributed by atoms with van der Waals surface area (Å²) in [5.41, 5.74) is 6.22. The van der Waals surface area contributed by atoms with E-state index in [0.717, 1.165) is 17.7 Å². The maximum Gasteiger partial charge on any atom is 0.304 e. The number of fused-ring (bicyclic) bond motifs is 3. The van der Waals surface area contributed by atoms with Crippen molar-refractivity contribution in [1.29, 1.82) is 0 Å². The fourth-order valence-corrected chi connectivity index (χ4v) is 3.21. The van der Waals surface area contributed by atoms with Gasteiger partial charge in [-0.2, -0.15) is 15.2 Å². The summed E-state index contributed by atoms with van der Waals surface area (Å²) in [7, 11) is 0. The van der Waals surface area contributed by atoms with Crippen LogP contribution in [0.3, 0.4) is 0 Å². The van der Waals surface area contributed by atoms with Gasteiger partial charge in [-0.05, 0) is 13.8 Å². The Morgan fingerprint density at radius 2 is 2.18 bits per heavy atom. The molecule has 0 bridgehead atoms. The SMILES string of the molecule is CCn1cc(COC2(c3cc(C)on3)NN=C3c4ccccc4C=NN32)nn1. The summed E-state index contributed by atoms with van der Waals surface area (Å²) in [5, 5.41) is 23.1. The van der Waals surface area contributed by atoms with E-state index in [-0.39, 0.29) is 6.61 Å². The Kier molecular flexibility index (Phi) is 3.72. The number of rotatable bonds is 5. The molecular formula is C18H18N8O2. The van der Waals surface area contributed by atoms with Crippen LogP contribution in [-0.2, 0) is 23.7 Å². The largest absolute Gasteiger partial charge is 0.361 e. The number of aryl methyl sites for hydroxylation is 2. The van der Waals surface area contributed by atoms with Gasteiger partial charge in [0.15, 0.2) is 11.5 Å². The Morgan fingerprint density at radius 3 is 2.96 bits per heavy atom. The Morgan fingerprint density at radius 1 is 1.29 bits per heavy atom. The molecule has 0 saturated carbocycles. The van der Waals surface area contributed by atoms with Gasteiger partial charge in [-0.1, -0.05) is 34.6 Å². The lowest BCUT2D eigenvalue weighted by Gasteiger charge is -2.34. The van der Waals surface area contributed by atoms with Crippen molar-refractivity contribution >= 4 is 12.1 Å². The van der Waals surface area contributed by atoms with Gasteiger partial charge in [0.05, 0.1) is 19.0 Å². The fourth-order valence-electron chi connectivity index (χ4n) is 3.21. The highest BCUT2D eigenvalue weighted by Crippen LogP contribution is 2.36. The van der Waals surface area contributed by atoms with Gasteiger partial charge < -0.3 is 9.26 Å². The number of hydrogen-bond acceptors (Lipinski definition) is 9. The number of ether oxygens (including phenoxy) is 1. The smallest absolute Gasteiger partial charge is 0.304 e. The van der Waals surface area contributed by atoms with E-state index in [9.17, 15) is 0 Å². The lowest BCUT2D eigenvalue weighted by Crippen LogP contribution is -2.52. The molecule has 0 spiro atoms. The van der Waals surface area contributed by atoms with Crippen LogP contribution in [0, 0.1) is 6.92 Å². The Labute approximate surface area is 160 Å². The number of nitrogens with zero attached hydrogens (tertiary/aromatic N) is 7. The third-order valence-electron chi connectivity index (χ3n) is 4.64. The third kappa shape index (κ3) is 2.49. The van der Waals surface area contributed by atoms with Crippen LogP contribution in [0.25, 0.3) is 0 Å². The van der Waals surface area contributed by atoms with Crippen molar-refractivity contribution in [3.63, 3.8) is 0 Å². The lowest BCUT2D eigenvalue weighted by molar-refractivity contribution is -0.162. The zero-order valence-corrected chi connectivity index (χ0v) is 15.4. The number of nitrogens with one attached hydrogen (secondary N) is 1. The van der Waals surface area contributed by atoms with Crippen LogP contribution >= 0.6 is 0 Å². The third-order valence-corrected chi connectivity index (χ3v) is 4.64. The minimum absolute atomic E-state index is 0.190. The zero-order chi connectivity index (χ0) is 19.1. The molecule has 2 aromatic heterocycles. The van der Waals surface area contributed by atoms with Crippen molar-refractivity contribution < 1.29 is 9.26 Å². The first kappa shape index (κ1) is 16.6. The summed E-state index contributed by atoms with van der Waals surface area (Å²) < 4.78 is 13.3. The molecule has 3 aromatic rings. The molecule has 1 aromatic carbocycles. The number of amidine groups is 1. The maximum atomic E-state index is 6.27. The average molecular weight is 378 g/mol. The van der Waals surface area contributed by atoms with Gasteiger partial charge in [0, 0.05) is 23.7 Å². The quantitative estimate of drug-likeness (QED) is 0.718. The van der Waals surface area contributed by atoms with Gasteiger partial charge in [0.2, 0.25) is 0 Å². The molecule has 5 rings (SSSR count). The van der Waals surface area contributed by atoms with Gasteiger partial charge in [0.1, 0.15) is 11.5 Å². The van der Waals surface area contributed by atoms with Crippen molar-refractivity contribution in [3.8, 4) is 0 Å². The van der Waals surface area contributed by atoms with E-state index >= 15 is 0 Å². The highest BCUT2D eigenvalue weighted by molar-refractivity contribution is 6.08. The molecule has 28 heavy (non-hydrogen) atoms. The van der Waals surface area contributed by atoms with Gasteiger partial charge in [0.25, 0.3) is 0 Å². The van der Waals surface area contributed by atoms with Crippen molar-refractivity contribution in [3.05, 3.63) is 64.8 Å². The number of hydrogen-bond donors (Lipinski definition) is 1. The van der Waals surface area contributed by atoms with Crippen LogP contribution in [0.2, 0.25) is 0 Å². The molecule has 10 heteroatoms. The Bertz CT molecular complexity index is 1080. The molecule has 2 aliphatic heterocycles. The van der Waals surface area contributed by atoms with Crippen LogP contribution < -0.4 is 5.43 Å². The second-order valence-corrected chi connectivity index (χ2v) is 6.51. The molecule has 2 aliphatic rings. The minimum atomic E-state index is -1.24. The van der Waals surface area contributed by atoms with E-state index < -0.39 is 5.85 Å². The van der Waals surface area contributed by atoms with Crippen LogP contribution in [-0.4, -0.2) is 37.2 Å². The predicted octanol–water partition coefficient (Wildman–Crippen LogP) is 1.54. The summed E-state index contributed by atoms with van der Waals surface area (Å²) in [6, 6.07) is 9.70. The Balaban J connectivity index is 1.52. The van der Waals surface area contributed by atoms with Gasteiger partial charge in [-0.15, -0.1) is 5.10 Å². The van der Waals surface area contributed by atoms with Crippen molar-refractivity contribution in [2.45, 2.75) is 32.8 Å². The fraction of sp³-hybridized carbons (Fsp3) is 0.278. The van der Waals surface area contributed by atoms with E-state index in [4.69, 9.17) is 9.26 Å². The first-order chi connectivity index (χ1) is 13.7. The average Bonchev–Trinajstić information content (AvgIpc) is 3.45. The second-order valence-electron chi connectivity index (χ2n) is 6.51. The van der Waals surface area contributed by atoms with E-state index in [0.29, 0.717) is 23.0 Å². The standard InChI is InChI=1S/C18H18N8O2/c1-3-25-10-14(20-24-25)11-27-18(16-8-12(2)28-22-16)23-21-17-15-7-5-4-6-13(15)9-19-26(17)18/h4-10,23H,3,11H2,1-2H3. The normalized spacial score (nSPS) is 19.9. The molecule has 1 atom stereocenters. The number of hydrazone groups is 2.